The van der Waals surface area contributed by atoms with Gasteiger partial charge in [-0.1, -0.05) is 31.0 Å². The van der Waals surface area contributed by atoms with Crippen molar-refractivity contribution in [2.45, 2.75) is 39.2 Å². The lowest BCUT2D eigenvalue weighted by Crippen LogP contribution is -2.25. The van der Waals surface area contributed by atoms with Gasteiger partial charge in [-0.3, -0.25) is 9.69 Å². The monoisotopic (exact) mass is 406 g/mol. The molecule has 158 valence electrons. The third-order valence-corrected chi connectivity index (χ3v) is 5.77. The van der Waals surface area contributed by atoms with Crippen LogP contribution in [0.25, 0.3) is 11.0 Å². The number of ether oxygens (including phenoxy) is 1. The molecule has 0 spiro atoms. The molecular formula is C24H30N4O2. The molecule has 1 N–H and O–H groups in total. The number of carbonyl (C=O) groups excluding carboxylic acids is 1. The second kappa shape index (κ2) is 9.30. The average Bonchev–Trinajstić information content (AvgIpc) is 2.89. The fourth-order valence-electron chi connectivity index (χ4n) is 4.02. The zero-order chi connectivity index (χ0) is 20.9. The number of amides is 1. The quantitative estimate of drug-likeness (QED) is 0.664. The van der Waals surface area contributed by atoms with E-state index in [1.165, 1.54) is 25.7 Å². The number of aromatic nitrogens is 2. The van der Waals surface area contributed by atoms with Crippen molar-refractivity contribution in [2.75, 3.05) is 25.0 Å². The molecule has 3 aromatic rings. The van der Waals surface area contributed by atoms with Crippen molar-refractivity contribution in [3.05, 3.63) is 53.9 Å². The molecule has 4 rings (SSSR count). The predicted octanol–water partition coefficient (Wildman–Crippen LogP) is 4.28. The Morgan fingerprint density at radius 3 is 2.63 bits per heavy atom. The van der Waals surface area contributed by atoms with Crippen molar-refractivity contribution in [3.63, 3.8) is 0 Å². The number of nitrogens with one attached hydrogen (secondary N) is 1. The van der Waals surface area contributed by atoms with Gasteiger partial charge in [0, 0.05) is 12.7 Å². The first-order valence-electron chi connectivity index (χ1n) is 10.8. The highest BCUT2D eigenvalue weighted by atomic mass is 16.5. The molecule has 1 aromatic heterocycles. The summed E-state index contributed by atoms with van der Waals surface area (Å²) in [7, 11) is 2.07. The zero-order valence-corrected chi connectivity index (χ0v) is 17.9. The molecule has 2 heterocycles. The van der Waals surface area contributed by atoms with Crippen LogP contribution in [0.2, 0.25) is 0 Å². The number of aryl methyl sites for hydroxylation is 2. The Labute approximate surface area is 177 Å². The number of para-hydroxylation sites is 1. The minimum atomic E-state index is -0.182. The van der Waals surface area contributed by atoms with Gasteiger partial charge in [-0.05, 0) is 62.7 Å². The Kier molecular flexibility index (Phi) is 6.33. The zero-order valence-electron chi connectivity index (χ0n) is 17.9. The number of hydrogen-bond acceptors (Lipinski definition) is 4. The molecule has 0 aliphatic carbocycles. The maximum atomic E-state index is 12.3. The van der Waals surface area contributed by atoms with E-state index in [4.69, 9.17) is 9.72 Å². The summed E-state index contributed by atoms with van der Waals surface area (Å²) in [4.78, 5) is 19.7. The van der Waals surface area contributed by atoms with E-state index in [0.29, 0.717) is 0 Å². The van der Waals surface area contributed by atoms with E-state index in [1.807, 2.05) is 49.4 Å². The van der Waals surface area contributed by atoms with Crippen LogP contribution in [0, 0.1) is 6.92 Å². The second-order valence-corrected chi connectivity index (χ2v) is 8.08. The van der Waals surface area contributed by atoms with Crippen LogP contribution in [0.5, 0.6) is 5.75 Å². The number of rotatable bonds is 6. The van der Waals surface area contributed by atoms with Gasteiger partial charge in [0.15, 0.2) is 6.61 Å². The van der Waals surface area contributed by atoms with Crippen molar-refractivity contribution < 1.29 is 9.53 Å². The van der Waals surface area contributed by atoms with E-state index in [2.05, 4.69) is 21.8 Å². The van der Waals surface area contributed by atoms with Crippen molar-refractivity contribution in [3.8, 4) is 5.75 Å². The van der Waals surface area contributed by atoms with Crippen LogP contribution in [-0.2, 0) is 18.4 Å². The molecule has 1 aliphatic heterocycles. The van der Waals surface area contributed by atoms with Gasteiger partial charge in [0.1, 0.15) is 11.6 Å². The summed E-state index contributed by atoms with van der Waals surface area (Å²) in [5.74, 6) is 1.61. The van der Waals surface area contributed by atoms with Gasteiger partial charge in [0.25, 0.3) is 5.91 Å². The molecule has 0 saturated carbocycles. The first-order chi connectivity index (χ1) is 14.6. The molecule has 0 unspecified atom stereocenters. The lowest BCUT2D eigenvalue weighted by Gasteiger charge is -2.19. The fraction of sp³-hybridized carbons (Fsp3) is 0.417. The van der Waals surface area contributed by atoms with Gasteiger partial charge < -0.3 is 14.6 Å². The Hall–Kier alpha value is -2.86. The summed E-state index contributed by atoms with van der Waals surface area (Å²) >= 11 is 0. The van der Waals surface area contributed by atoms with Crippen molar-refractivity contribution in [1.82, 2.24) is 14.5 Å². The molecule has 0 radical (unpaired) electrons. The fourth-order valence-corrected chi connectivity index (χ4v) is 4.02. The number of nitrogens with zero attached hydrogens (tertiary/aromatic N) is 3. The largest absolute Gasteiger partial charge is 0.483 e. The van der Waals surface area contributed by atoms with Gasteiger partial charge in [0.2, 0.25) is 0 Å². The average molecular weight is 407 g/mol. The molecule has 0 atom stereocenters. The van der Waals surface area contributed by atoms with Gasteiger partial charge in [-0.15, -0.1) is 0 Å². The SMILES string of the molecule is Cc1ccccc1OCC(=O)Nc1ccc2c(c1)nc(CN1CCCCCC1)n2C. The van der Waals surface area contributed by atoms with Gasteiger partial charge >= 0.3 is 0 Å². The number of benzene rings is 2. The lowest BCUT2D eigenvalue weighted by atomic mass is 10.2. The topological polar surface area (TPSA) is 59.4 Å². The Bertz CT molecular complexity index is 1020. The highest BCUT2D eigenvalue weighted by Gasteiger charge is 2.15. The molecule has 6 heteroatoms. The molecule has 6 nitrogen and oxygen atoms in total. The third kappa shape index (κ3) is 4.82. The Morgan fingerprint density at radius 2 is 1.87 bits per heavy atom. The number of likely N-dealkylation sites (tertiary alicyclic amines) is 1. The highest BCUT2D eigenvalue weighted by Crippen LogP contribution is 2.22. The summed E-state index contributed by atoms with van der Waals surface area (Å²) in [5, 5.41) is 2.92. The van der Waals surface area contributed by atoms with Gasteiger partial charge in [0.05, 0.1) is 17.6 Å². The first-order valence-corrected chi connectivity index (χ1v) is 10.8. The summed E-state index contributed by atoms with van der Waals surface area (Å²) in [5.41, 5.74) is 3.73. The maximum absolute atomic E-state index is 12.3. The standard InChI is InChI=1S/C24H30N4O2/c1-18-9-5-6-10-22(18)30-17-24(29)25-19-11-12-21-20(15-19)26-23(27(21)2)16-28-13-7-3-4-8-14-28/h5-6,9-12,15H,3-4,7-8,13-14,16-17H2,1-2H3,(H,25,29). The predicted molar refractivity (Wildman–Crippen MR) is 120 cm³/mol. The number of carbonyl (C=O) groups is 1. The molecule has 2 aromatic carbocycles. The molecule has 30 heavy (non-hydrogen) atoms. The van der Waals surface area contributed by atoms with Crippen molar-refractivity contribution >= 4 is 22.6 Å². The smallest absolute Gasteiger partial charge is 0.262 e. The minimum absolute atomic E-state index is 0.0225. The maximum Gasteiger partial charge on any atom is 0.262 e. The van der Waals surface area contributed by atoms with E-state index in [1.54, 1.807) is 0 Å². The molecule has 0 bridgehead atoms. The molecule has 1 aliphatic rings. The number of anilines is 1. The van der Waals surface area contributed by atoms with Crippen LogP contribution in [0.1, 0.15) is 37.1 Å². The summed E-state index contributed by atoms with van der Waals surface area (Å²) in [6.45, 7) is 5.10. The first kappa shape index (κ1) is 20.4. The van der Waals surface area contributed by atoms with Crippen LogP contribution >= 0.6 is 0 Å². The number of fused-ring (bicyclic) bond motifs is 1. The van der Waals surface area contributed by atoms with Gasteiger partial charge in [-0.25, -0.2) is 4.98 Å². The lowest BCUT2D eigenvalue weighted by molar-refractivity contribution is -0.118. The van der Waals surface area contributed by atoms with E-state index < -0.39 is 0 Å². The van der Waals surface area contributed by atoms with E-state index in [-0.39, 0.29) is 12.5 Å². The summed E-state index contributed by atoms with van der Waals surface area (Å²) in [6.07, 6.45) is 5.20. The number of imidazole rings is 1. The molecule has 1 fully saturated rings. The van der Waals surface area contributed by atoms with Crippen molar-refractivity contribution in [2.24, 2.45) is 7.05 Å². The van der Waals surface area contributed by atoms with Crippen LogP contribution in [0.4, 0.5) is 5.69 Å². The molecular weight excluding hydrogens is 376 g/mol. The van der Waals surface area contributed by atoms with Crippen LogP contribution in [-0.4, -0.2) is 40.1 Å². The van der Waals surface area contributed by atoms with Crippen LogP contribution in [0.15, 0.2) is 42.5 Å². The van der Waals surface area contributed by atoms with Crippen LogP contribution < -0.4 is 10.1 Å². The normalized spacial score (nSPS) is 15.1. The van der Waals surface area contributed by atoms with Gasteiger partial charge in [-0.2, -0.15) is 0 Å². The molecule has 1 saturated heterocycles. The van der Waals surface area contributed by atoms with E-state index in [0.717, 1.165) is 53.5 Å². The third-order valence-electron chi connectivity index (χ3n) is 5.77. The van der Waals surface area contributed by atoms with E-state index in [9.17, 15) is 4.79 Å². The minimum Gasteiger partial charge on any atom is -0.483 e. The second-order valence-electron chi connectivity index (χ2n) is 8.08. The molecule has 1 amide bonds. The summed E-state index contributed by atoms with van der Waals surface area (Å²) < 4.78 is 7.80. The van der Waals surface area contributed by atoms with Crippen LogP contribution in [0.3, 0.4) is 0 Å². The van der Waals surface area contributed by atoms with E-state index >= 15 is 0 Å². The van der Waals surface area contributed by atoms with Crippen molar-refractivity contribution in [1.29, 1.82) is 0 Å². The number of hydrogen-bond donors (Lipinski definition) is 1. The Balaban J connectivity index is 1.41. The highest BCUT2D eigenvalue weighted by molar-refractivity contribution is 5.94. The summed E-state index contributed by atoms with van der Waals surface area (Å²) in [6, 6.07) is 13.6. The Morgan fingerprint density at radius 1 is 1.10 bits per heavy atom.